The SMILES string of the molecule is CC(=[C-]C(=O)N=C(N)N)c1[c-]c(C)c(C)c(C)c1C.[Y].[Y].[Y]. The number of nitrogens with two attached hydrogens (primary N) is 2. The van der Waals surface area contributed by atoms with Crippen LogP contribution < -0.4 is 11.5 Å². The summed E-state index contributed by atoms with van der Waals surface area (Å²) in [6.45, 7) is 9.92. The summed E-state index contributed by atoms with van der Waals surface area (Å²) in [5.41, 5.74) is 16.4. The number of hydrogen-bond acceptors (Lipinski definition) is 1. The number of allylic oxidation sites excluding steroid dienone is 1. The Morgan fingerprint density at radius 1 is 1.00 bits per heavy atom. The van der Waals surface area contributed by atoms with Crippen LogP contribution in [0.4, 0.5) is 0 Å². The van der Waals surface area contributed by atoms with Gasteiger partial charge in [-0.3, -0.25) is 15.9 Å². The predicted molar refractivity (Wildman–Crippen MR) is 77.4 cm³/mol. The normalized spacial score (nSPS) is 9.77. The molecule has 111 valence electrons. The topological polar surface area (TPSA) is 81.5 Å². The molecule has 1 rings (SSSR count). The molecule has 0 unspecified atom stereocenters. The smallest absolute Gasteiger partial charge is 0.192 e. The van der Waals surface area contributed by atoms with Crippen molar-refractivity contribution in [3.63, 3.8) is 0 Å². The standard InChI is InChI=1S/C15H19N3O.3Y/c1-8-6-13(12(5)11(4)10(8)3)9(2)7-14(19)18-15(16)17;;;/h1-5H3,(H4,16,17,18,19);;;/q-2;;;. The fourth-order valence-corrected chi connectivity index (χ4v) is 1.87. The number of benzene rings is 1. The number of nitrogens with zero attached hydrogens (tertiary/aromatic N) is 1. The third kappa shape index (κ3) is 7.86. The number of hydrogen-bond donors (Lipinski definition) is 2. The molecule has 0 saturated heterocycles. The number of carbonyl (C=O) groups excluding carboxylic acids is 1. The molecule has 0 spiro atoms. The maximum Gasteiger partial charge on any atom is 0.192 e. The average molecular weight is 524 g/mol. The van der Waals surface area contributed by atoms with E-state index in [0.717, 1.165) is 16.7 Å². The zero-order chi connectivity index (χ0) is 14.7. The molecule has 4 nitrogen and oxygen atoms in total. The van der Waals surface area contributed by atoms with Crippen molar-refractivity contribution >= 4 is 17.4 Å². The molecular formula is C15H19N3OY3-2. The van der Waals surface area contributed by atoms with E-state index in [-0.39, 0.29) is 104 Å². The second-order valence-electron chi connectivity index (χ2n) is 4.59. The number of amides is 1. The van der Waals surface area contributed by atoms with Crippen molar-refractivity contribution in [3.05, 3.63) is 40.0 Å². The van der Waals surface area contributed by atoms with Gasteiger partial charge in [-0.05, 0) is 0 Å². The van der Waals surface area contributed by atoms with Gasteiger partial charge in [0.2, 0.25) is 0 Å². The van der Waals surface area contributed by atoms with E-state index >= 15 is 0 Å². The van der Waals surface area contributed by atoms with E-state index in [1.807, 2.05) is 13.8 Å². The molecule has 1 aromatic carbocycles. The minimum Gasteiger partial charge on any atom is -0.370 e. The summed E-state index contributed by atoms with van der Waals surface area (Å²) in [5.74, 6) is -0.844. The first-order chi connectivity index (χ1) is 8.73. The van der Waals surface area contributed by atoms with Crippen molar-refractivity contribution in [2.75, 3.05) is 0 Å². The summed E-state index contributed by atoms with van der Waals surface area (Å²) in [7, 11) is 0. The largest absolute Gasteiger partial charge is 0.370 e. The Labute approximate surface area is 208 Å². The van der Waals surface area contributed by atoms with Crippen LogP contribution in [0.2, 0.25) is 0 Å². The van der Waals surface area contributed by atoms with E-state index in [9.17, 15) is 4.79 Å². The van der Waals surface area contributed by atoms with Crippen molar-refractivity contribution in [3.8, 4) is 0 Å². The van der Waals surface area contributed by atoms with E-state index in [2.05, 4.69) is 31.0 Å². The molecule has 22 heavy (non-hydrogen) atoms. The van der Waals surface area contributed by atoms with Gasteiger partial charge in [-0.2, -0.15) is 10.6 Å². The third-order valence-electron chi connectivity index (χ3n) is 3.28. The van der Waals surface area contributed by atoms with Gasteiger partial charge in [0.25, 0.3) is 0 Å². The van der Waals surface area contributed by atoms with Gasteiger partial charge in [-0.15, -0.1) is 18.1 Å². The van der Waals surface area contributed by atoms with E-state index in [0.29, 0.717) is 5.57 Å². The molecule has 0 fully saturated rings. The Morgan fingerprint density at radius 3 is 1.95 bits per heavy atom. The first-order valence-corrected chi connectivity index (χ1v) is 5.98. The van der Waals surface area contributed by atoms with Crippen molar-refractivity contribution in [1.29, 1.82) is 0 Å². The quantitative estimate of drug-likeness (QED) is 0.268. The first kappa shape index (κ1) is 28.0. The van der Waals surface area contributed by atoms with Gasteiger partial charge in [-0.25, -0.2) is 17.7 Å². The Kier molecular flexibility index (Phi) is 16.0. The monoisotopic (exact) mass is 524 g/mol. The Bertz CT molecular complexity index is 592. The molecular weight excluding hydrogens is 505 g/mol. The van der Waals surface area contributed by atoms with E-state index in [1.165, 1.54) is 11.1 Å². The molecule has 3 radical (unpaired) electrons. The Balaban J connectivity index is -0.00000120. The van der Waals surface area contributed by atoms with Crippen molar-refractivity contribution in [2.24, 2.45) is 16.5 Å². The molecule has 4 N–H and O–H groups in total. The van der Waals surface area contributed by atoms with Crippen molar-refractivity contribution in [2.45, 2.75) is 34.6 Å². The van der Waals surface area contributed by atoms with Crippen LogP contribution in [0.5, 0.6) is 0 Å². The number of guanidine groups is 1. The fraction of sp³-hybridized carbons (Fsp3) is 0.333. The predicted octanol–water partition coefficient (Wildman–Crippen LogP) is 1.72. The van der Waals surface area contributed by atoms with Gasteiger partial charge < -0.3 is 11.5 Å². The van der Waals surface area contributed by atoms with Crippen LogP contribution in [0.3, 0.4) is 0 Å². The number of carbonyl (C=O) groups is 1. The van der Waals surface area contributed by atoms with Crippen LogP contribution in [0, 0.1) is 39.8 Å². The summed E-state index contributed by atoms with van der Waals surface area (Å²) in [6.07, 6.45) is 2.64. The zero-order valence-electron chi connectivity index (χ0n) is 13.7. The van der Waals surface area contributed by atoms with E-state index < -0.39 is 5.91 Å². The molecule has 0 aliphatic carbocycles. The van der Waals surface area contributed by atoms with Gasteiger partial charge >= 0.3 is 0 Å². The van der Waals surface area contributed by atoms with Gasteiger partial charge in [0.05, 0.1) is 0 Å². The van der Waals surface area contributed by atoms with Gasteiger partial charge in [-0.1, -0.05) is 27.7 Å². The van der Waals surface area contributed by atoms with Crippen LogP contribution in [-0.2, 0) is 103 Å². The number of aliphatic imine (C=N–C) groups is 1. The second-order valence-corrected chi connectivity index (χ2v) is 4.59. The maximum absolute atomic E-state index is 11.5. The zero-order valence-corrected chi connectivity index (χ0v) is 22.3. The van der Waals surface area contributed by atoms with Crippen LogP contribution in [0.15, 0.2) is 4.99 Å². The molecule has 0 saturated carbocycles. The molecule has 0 heterocycles. The minimum absolute atomic E-state index is 0. The second kappa shape index (κ2) is 12.6. The molecule has 0 atom stereocenters. The Morgan fingerprint density at radius 2 is 1.50 bits per heavy atom. The molecule has 7 heteroatoms. The number of rotatable bonds is 2. The molecule has 1 aromatic rings. The third-order valence-corrected chi connectivity index (χ3v) is 3.28. The maximum atomic E-state index is 11.5. The average Bonchev–Trinajstić information content (AvgIpc) is 2.29. The van der Waals surface area contributed by atoms with Gasteiger partial charge in [0.15, 0.2) is 11.9 Å². The van der Waals surface area contributed by atoms with Crippen molar-refractivity contribution in [1.82, 2.24) is 0 Å². The fourth-order valence-electron chi connectivity index (χ4n) is 1.87. The van der Waals surface area contributed by atoms with Crippen LogP contribution >= 0.6 is 0 Å². The van der Waals surface area contributed by atoms with Crippen LogP contribution in [0.1, 0.15) is 34.7 Å². The van der Waals surface area contributed by atoms with E-state index in [1.54, 1.807) is 6.92 Å². The summed E-state index contributed by atoms with van der Waals surface area (Å²) in [4.78, 5) is 14.9. The molecule has 0 aromatic heterocycles. The molecule has 0 aliphatic rings. The summed E-state index contributed by atoms with van der Waals surface area (Å²) in [5, 5.41) is 0. The number of aryl methyl sites for hydroxylation is 1. The molecule has 1 amide bonds. The molecule has 0 aliphatic heterocycles. The first-order valence-electron chi connectivity index (χ1n) is 5.98. The summed E-state index contributed by atoms with van der Waals surface area (Å²) < 4.78 is 0. The van der Waals surface area contributed by atoms with E-state index in [4.69, 9.17) is 11.5 Å². The van der Waals surface area contributed by atoms with Gasteiger partial charge in [0.1, 0.15) is 0 Å². The Hall–Kier alpha value is 1.21. The summed E-state index contributed by atoms with van der Waals surface area (Å²) in [6, 6.07) is 3.28. The minimum atomic E-state index is -0.582. The van der Waals surface area contributed by atoms with Crippen LogP contribution in [-0.4, -0.2) is 11.9 Å². The van der Waals surface area contributed by atoms with Crippen LogP contribution in [0.25, 0.3) is 5.57 Å². The molecule has 0 bridgehead atoms. The van der Waals surface area contributed by atoms with Crippen molar-refractivity contribution < 1.29 is 103 Å². The van der Waals surface area contributed by atoms with Gasteiger partial charge in [0, 0.05) is 98.1 Å². The summed E-state index contributed by atoms with van der Waals surface area (Å²) >= 11 is 0.